The number of nitrogens with zero attached hydrogens (tertiary/aromatic N) is 1. The lowest BCUT2D eigenvalue weighted by atomic mass is 9.84. The predicted molar refractivity (Wildman–Crippen MR) is 110 cm³/mol. The highest BCUT2D eigenvalue weighted by Crippen LogP contribution is 2.23. The lowest BCUT2D eigenvalue weighted by Gasteiger charge is -2.25. The Morgan fingerprint density at radius 3 is 2.39 bits per heavy atom. The molecule has 2 N–H and O–H groups in total. The average Bonchev–Trinajstić information content (AvgIpc) is 2.46. The first-order valence-corrected chi connectivity index (χ1v) is 8.00. The Hall–Kier alpha value is -0.820. The van der Waals surface area contributed by atoms with Gasteiger partial charge in [-0.2, -0.15) is 0 Å². The SMILES string of the molecule is CCNC(=NCC(C)(C)c1ccc(C)cc1)NC(C)COC.I. The topological polar surface area (TPSA) is 45.7 Å². The molecule has 1 aromatic carbocycles. The first-order chi connectivity index (χ1) is 10.4. The zero-order chi connectivity index (χ0) is 16.6. The molecule has 0 amide bonds. The second-order valence-corrected chi connectivity index (χ2v) is 6.45. The Morgan fingerprint density at radius 2 is 1.87 bits per heavy atom. The molecular weight excluding hydrogens is 401 g/mol. The second kappa shape index (κ2) is 10.9. The number of nitrogens with one attached hydrogen (secondary N) is 2. The average molecular weight is 433 g/mol. The Balaban J connectivity index is 0.00000484. The molecule has 1 unspecified atom stereocenters. The number of guanidine groups is 1. The van der Waals surface area contributed by atoms with Crippen molar-refractivity contribution >= 4 is 29.9 Å². The quantitative estimate of drug-likeness (QED) is 0.393. The van der Waals surface area contributed by atoms with Gasteiger partial charge in [-0.1, -0.05) is 43.7 Å². The van der Waals surface area contributed by atoms with Crippen LogP contribution in [0.15, 0.2) is 29.3 Å². The molecule has 0 aliphatic carbocycles. The van der Waals surface area contributed by atoms with Gasteiger partial charge in [-0.25, -0.2) is 0 Å². The maximum atomic E-state index is 5.16. The summed E-state index contributed by atoms with van der Waals surface area (Å²) < 4.78 is 5.16. The van der Waals surface area contributed by atoms with Gasteiger partial charge in [0, 0.05) is 25.1 Å². The summed E-state index contributed by atoms with van der Waals surface area (Å²) in [6, 6.07) is 8.93. The lowest BCUT2D eigenvalue weighted by molar-refractivity contribution is 0.179. The van der Waals surface area contributed by atoms with Gasteiger partial charge in [-0.3, -0.25) is 4.99 Å². The molecule has 0 saturated carbocycles. The highest BCUT2D eigenvalue weighted by atomic mass is 127. The van der Waals surface area contributed by atoms with Crippen molar-refractivity contribution < 1.29 is 4.74 Å². The van der Waals surface area contributed by atoms with E-state index in [-0.39, 0.29) is 35.4 Å². The van der Waals surface area contributed by atoms with Crippen LogP contribution in [-0.2, 0) is 10.2 Å². The van der Waals surface area contributed by atoms with Crippen molar-refractivity contribution in [2.24, 2.45) is 4.99 Å². The number of halogens is 1. The van der Waals surface area contributed by atoms with E-state index in [1.54, 1.807) is 7.11 Å². The van der Waals surface area contributed by atoms with Crippen LogP contribution in [0.1, 0.15) is 38.8 Å². The Kier molecular flexibility index (Phi) is 10.5. The van der Waals surface area contributed by atoms with Gasteiger partial charge >= 0.3 is 0 Å². The van der Waals surface area contributed by atoms with Crippen molar-refractivity contribution in [3.8, 4) is 0 Å². The molecule has 0 saturated heterocycles. The number of hydrogen-bond donors (Lipinski definition) is 2. The zero-order valence-electron chi connectivity index (χ0n) is 15.3. The zero-order valence-corrected chi connectivity index (χ0v) is 17.6. The first kappa shape index (κ1) is 22.2. The molecule has 0 spiro atoms. The van der Waals surface area contributed by atoms with Crippen LogP contribution >= 0.6 is 24.0 Å². The third-order valence-electron chi connectivity index (χ3n) is 3.61. The number of rotatable bonds is 7. The Labute approximate surface area is 158 Å². The molecule has 0 aliphatic rings. The fourth-order valence-electron chi connectivity index (χ4n) is 2.22. The maximum Gasteiger partial charge on any atom is 0.191 e. The largest absolute Gasteiger partial charge is 0.383 e. The van der Waals surface area contributed by atoms with Crippen LogP contribution in [0.5, 0.6) is 0 Å². The molecule has 0 radical (unpaired) electrons. The molecule has 0 fully saturated rings. The van der Waals surface area contributed by atoms with E-state index >= 15 is 0 Å². The van der Waals surface area contributed by atoms with Crippen LogP contribution in [0.2, 0.25) is 0 Å². The van der Waals surface area contributed by atoms with Crippen LogP contribution in [0.4, 0.5) is 0 Å². The van der Waals surface area contributed by atoms with E-state index in [0.29, 0.717) is 6.61 Å². The van der Waals surface area contributed by atoms with E-state index in [4.69, 9.17) is 9.73 Å². The van der Waals surface area contributed by atoms with Crippen molar-refractivity contribution in [2.45, 2.75) is 46.1 Å². The number of aliphatic imine (C=N–C) groups is 1. The van der Waals surface area contributed by atoms with Crippen molar-refractivity contribution in [2.75, 3.05) is 26.8 Å². The van der Waals surface area contributed by atoms with Crippen molar-refractivity contribution in [3.05, 3.63) is 35.4 Å². The molecule has 1 aromatic rings. The summed E-state index contributed by atoms with van der Waals surface area (Å²) in [5.74, 6) is 0.840. The predicted octanol–water partition coefficient (Wildman–Crippen LogP) is 3.48. The van der Waals surface area contributed by atoms with Crippen molar-refractivity contribution in [1.82, 2.24) is 10.6 Å². The molecule has 132 valence electrons. The van der Waals surface area contributed by atoms with E-state index in [1.807, 2.05) is 0 Å². The molecule has 0 bridgehead atoms. The number of benzene rings is 1. The smallest absolute Gasteiger partial charge is 0.191 e. The minimum atomic E-state index is 0. The summed E-state index contributed by atoms with van der Waals surface area (Å²) in [6.07, 6.45) is 0. The maximum absolute atomic E-state index is 5.16. The molecule has 0 aromatic heterocycles. The fraction of sp³-hybridized carbons (Fsp3) is 0.611. The molecule has 1 rings (SSSR count). The lowest BCUT2D eigenvalue weighted by Crippen LogP contribution is -2.44. The monoisotopic (exact) mass is 433 g/mol. The van der Waals surface area contributed by atoms with Crippen LogP contribution < -0.4 is 10.6 Å². The van der Waals surface area contributed by atoms with E-state index in [2.05, 4.69) is 69.5 Å². The third kappa shape index (κ3) is 8.01. The second-order valence-electron chi connectivity index (χ2n) is 6.45. The highest BCUT2D eigenvalue weighted by Gasteiger charge is 2.20. The summed E-state index contributed by atoms with van der Waals surface area (Å²) in [6.45, 7) is 12.9. The van der Waals surface area contributed by atoms with Crippen molar-refractivity contribution in [3.63, 3.8) is 0 Å². The van der Waals surface area contributed by atoms with Gasteiger partial charge in [0.25, 0.3) is 0 Å². The molecule has 23 heavy (non-hydrogen) atoms. The highest BCUT2D eigenvalue weighted by molar-refractivity contribution is 14.0. The summed E-state index contributed by atoms with van der Waals surface area (Å²) in [5, 5.41) is 6.65. The summed E-state index contributed by atoms with van der Waals surface area (Å²) in [5.41, 5.74) is 2.59. The van der Waals surface area contributed by atoms with Gasteiger partial charge in [0.1, 0.15) is 0 Å². The molecule has 0 heterocycles. The van der Waals surface area contributed by atoms with Crippen LogP contribution in [0.25, 0.3) is 0 Å². The Morgan fingerprint density at radius 1 is 1.26 bits per heavy atom. The fourth-order valence-corrected chi connectivity index (χ4v) is 2.22. The third-order valence-corrected chi connectivity index (χ3v) is 3.61. The first-order valence-electron chi connectivity index (χ1n) is 8.00. The minimum Gasteiger partial charge on any atom is -0.383 e. The normalized spacial score (nSPS) is 13.2. The van der Waals surface area contributed by atoms with Crippen LogP contribution in [0.3, 0.4) is 0 Å². The van der Waals surface area contributed by atoms with Crippen molar-refractivity contribution in [1.29, 1.82) is 0 Å². The minimum absolute atomic E-state index is 0. The standard InChI is InChI=1S/C18H31N3O.HI/c1-7-19-17(21-15(3)12-22-6)20-13-18(4,5)16-10-8-14(2)9-11-16;/h8-11,15H,7,12-13H2,1-6H3,(H2,19,20,21);1H. The molecule has 0 aliphatic heterocycles. The van der Waals surface area contributed by atoms with Crippen LogP contribution in [0, 0.1) is 6.92 Å². The Bertz CT molecular complexity index is 472. The number of hydrogen-bond acceptors (Lipinski definition) is 2. The van der Waals surface area contributed by atoms with Gasteiger partial charge < -0.3 is 15.4 Å². The van der Waals surface area contributed by atoms with Gasteiger partial charge in [0.05, 0.1) is 13.2 Å². The van der Waals surface area contributed by atoms with E-state index in [0.717, 1.165) is 19.0 Å². The van der Waals surface area contributed by atoms with Crippen LogP contribution in [-0.4, -0.2) is 38.8 Å². The summed E-state index contributed by atoms with van der Waals surface area (Å²) >= 11 is 0. The summed E-state index contributed by atoms with van der Waals surface area (Å²) in [7, 11) is 1.71. The number of aryl methyl sites for hydroxylation is 1. The number of methoxy groups -OCH3 is 1. The molecule has 1 atom stereocenters. The molecule has 5 heteroatoms. The number of ether oxygens (including phenoxy) is 1. The van der Waals surface area contributed by atoms with Gasteiger partial charge in [-0.15, -0.1) is 24.0 Å². The van der Waals surface area contributed by atoms with Gasteiger partial charge in [-0.05, 0) is 26.3 Å². The summed E-state index contributed by atoms with van der Waals surface area (Å²) in [4.78, 5) is 4.75. The van der Waals surface area contributed by atoms with Gasteiger partial charge in [0.2, 0.25) is 0 Å². The van der Waals surface area contributed by atoms with E-state index in [1.165, 1.54) is 11.1 Å². The molecular formula is C18H32IN3O. The van der Waals surface area contributed by atoms with Gasteiger partial charge in [0.15, 0.2) is 5.96 Å². The van der Waals surface area contributed by atoms with E-state index in [9.17, 15) is 0 Å². The molecule has 4 nitrogen and oxygen atoms in total. The van der Waals surface area contributed by atoms with E-state index < -0.39 is 0 Å².